The number of nitrogens with one attached hydrogen (secondary N) is 1. The van der Waals surface area contributed by atoms with Crippen LogP contribution in [-0.4, -0.2) is 70.6 Å². The van der Waals surface area contributed by atoms with Crippen molar-refractivity contribution in [2.24, 2.45) is 5.92 Å². The van der Waals surface area contributed by atoms with Crippen LogP contribution in [0.5, 0.6) is 0 Å². The number of carbonyl (C=O) groups excluding carboxylic acids is 2. The molecule has 2 aliphatic rings. The molecule has 43 heavy (non-hydrogen) atoms. The molecule has 2 fully saturated rings. The Bertz CT molecular complexity index is 1380. The zero-order chi connectivity index (χ0) is 30.5. The van der Waals surface area contributed by atoms with Crippen molar-refractivity contribution in [1.82, 2.24) is 25.1 Å². The van der Waals surface area contributed by atoms with Crippen LogP contribution in [0.15, 0.2) is 96.9 Å². The summed E-state index contributed by atoms with van der Waals surface area (Å²) in [5.41, 5.74) is 3.56. The highest BCUT2D eigenvalue weighted by Gasteiger charge is 2.50. The first kappa shape index (κ1) is 30.1. The van der Waals surface area contributed by atoms with Crippen LogP contribution in [-0.2, 0) is 11.3 Å². The molecule has 226 valence electrons. The smallest absolute Gasteiger partial charge is 0.334 e. The Morgan fingerprint density at radius 3 is 2.19 bits per heavy atom. The van der Waals surface area contributed by atoms with E-state index in [1.54, 1.807) is 34.1 Å². The van der Waals surface area contributed by atoms with E-state index >= 15 is 0 Å². The van der Waals surface area contributed by atoms with Gasteiger partial charge in [-0.15, -0.1) is 6.26 Å². The lowest BCUT2D eigenvalue weighted by Crippen LogP contribution is -2.75. The second kappa shape index (κ2) is 13.3. The predicted molar refractivity (Wildman–Crippen MR) is 161 cm³/mol. The highest BCUT2D eigenvalue weighted by atomic mass is 19.1. The third-order valence-corrected chi connectivity index (χ3v) is 8.65. The Balaban J connectivity index is 1.50. The molecular formula is C34H39FN5O3-. The van der Waals surface area contributed by atoms with E-state index in [4.69, 9.17) is 0 Å². The van der Waals surface area contributed by atoms with Crippen LogP contribution in [0, 0.1) is 11.7 Å². The maximum absolute atomic E-state index is 13.7. The van der Waals surface area contributed by atoms with Gasteiger partial charge in [0, 0.05) is 31.8 Å². The number of amides is 3. The first-order valence-electron chi connectivity index (χ1n) is 14.8. The third-order valence-electron chi connectivity index (χ3n) is 8.65. The first-order valence-corrected chi connectivity index (χ1v) is 14.8. The number of benzene rings is 3. The minimum Gasteiger partial charge on any atom is -0.877 e. The lowest BCUT2D eigenvalue weighted by atomic mass is 9.87. The molecule has 1 unspecified atom stereocenters. The van der Waals surface area contributed by atoms with Crippen molar-refractivity contribution in [3.05, 3.63) is 119 Å². The van der Waals surface area contributed by atoms with E-state index in [0.29, 0.717) is 12.2 Å². The van der Waals surface area contributed by atoms with Gasteiger partial charge < -0.3 is 20.2 Å². The zero-order valence-electron chi connectivity index (χ0n) is 24.9. The second-order valence-electron chi connectivity index (χ2n) is 11.4. The van der Waals surface area contributed by atoms with Gasteiger partial charge in [-0.3, -0.25) is 4.79 Å². The van der Waals surface area contributed by atoms with Crippen LogP contribution >= 0.6 is 0 Å². The van der Waals surface area contributed by atoms with E-state index in [-0.39, 0.29) is 49.2 Å². The summed E-state index contributed by atoms with van der Waals surface area (Å²) in [4.78, 5) is 31.2. The summed E-state index contributed by atoms with van der Waals surface area (Å²) in [5, 5.41) is 19.0. The molecular weight excluding hydrogens is 545 g/mol. The molecule has 1 N–H and O–H groups in total. The van der Waals surface area contributed by atoms with Crippen LogP contribution in [0.2, 0.25) is 0 Å². The van der Waals surface area contributed by atoms with Crippen LogP contribution in [0.3, 0.4) is 0 Å². The van der Waals surface area contributed by atoms with Gasteiger partial charge >= 0.3 is 6.03 Å². The van der Waals surface area contributed by atoms with Crippen LogP contribution in [0.1, 0.15) is 42.9 Å². The number of likely N-dealkylation sites (N-methyl/N-ethyl adjacent to an activating group) is 1. The first-order chi connectivity index (χ1) is 20.8. The fraction of sp³-hybridized carbons (Fsp3) is 0.353. The molecule has 0 aromatic heterocycles. The van der Waals surface area contributed by atoms with Gasteiger partial charge in [-0.2, -0.15) is 0 Å². The number of hydrogen-bond donors (Lipinski definition) is 1. The van der Waals surface area contributed by atoms with E-state index in [2.05, 4.69) is 34.5 Å². The summed E-state index contributed by atoms with van der Waals surface area (Å²) in [6.45, 7) is 5.09. The number of hydrogen-bond acceptors (Lipinski definition) is 5. The average molecular weight is 585 g/mol. The molecule has 0 radical (unpaired) electrons. The molecule has 9 heteroatoms. The number of fused-ring (bicyclic) bond motifs is 1. The Hall–Kier alpha value is -4.37. The van der Waals surface area contributed by atoms with Crippen LogP contribution in [0.25, 0.3) is 0 Å². The summed E-state index contributed by atoms with van der Waals surface area (Å²) < 4.78 is 13.4. The van der Waals surface area contributed by atoms with E-state index in [9.17, 15) is 19.1 Å². The molecule has 2 aliphatic heterocycles. The zero-order valence-corrected chi connectivity index (χ0v) is 24.9. The molecule has 0 aliphatic carbocycles. The van der Waals surface area contributed by atoms with Gasteiger partial charge in [0.15, 0.2) is 0 Å². The lowest BCUT2D eigenvalue weighted by Gasteiger charge is -2.58. The molecule has 0 saturated carbocycles. The monoisotopic (exact) mass is 584 g/mol. The summed E-state index contributed by atoms with van der Waals surface area (Å²) in [5.74, 6) is -0.528. The number of rotatable bonds is 8. The van der Waals surface area contributed by atoms with Crippen molar-refractivity contribution < 1.29 is 19.1 Å². The van der Waals surface area contributed by atoms with Crippen molar-refractivity contribution in [3.8, 4) is 0 Å². The van der Waals surface area contributed by atoms with Crippen LogP contribution in [0.4, 0.5) is 9.18 Å². The topological polar surface area (TPSA) is 82.2 Å². The average Bonchev–Trinajstić information content (AvgIpc) is 3.03. The van der Waals surface area contributed by atoms with Gasteiger partial charge in [0.05, 0.1) is 19.1 Å². The largest absolute Gasteiger partial charge is 0.877 e. The minimum absolute atomic E-state index is 0.0101. The molecule has 0 spiro atoms. The number of hydrazine groups is 1. The maximum Gasteiger partial charge on any atom is 0.334 e. The molecule has 2 saturated heterocycles. The molecule has 0 bridgehead atoms. The van der Waals surface area contributed by atoms with Crippen molar-refractivity contribution in [2.45, 2.75) is 44.9 Å². The molecule has 3 aromatic rings. The third kappa shape index (κ3) is 6.37. The van der Waals surface area contributed by atoms with Crippen molar-refractivity contribution in [3.63, 3.8) is 0 Å². The Labute approximate surface area is 253 Å². The number of urea groups is 1. The molecule has 3 amide bonds. The predicted octanol–water partition coefficient (Wildman–Crippen LogP) is 4.12. The molecule has 2 heterocycles. The molecule has 3 aromatic carbocycles. The standard InChI is InChI=1S/C34H40FN5O3/c1-4-24(2)33-30(23-41)38(20-29(26-11-7-5-8-12-26)27-13-9-6-10-14-27)21-31-39(33)32(42)22-37(3)40(31)34(43)36-19-25-15-17-28(35)18-16-25/h5-18,23-24,29,31,33,41H,4,19-22H2,1-3H3,(H,36,43)/p-1/b30-23-/t24?,31-,33-/m0/s1. The van der Waals surface area contributed by atoms with Gasteiger partial charge in [-0.05, 0) is 34.7 Å². The van der Waals surface area contributed by atoms with Gasteiger partial charge in [0.1, 0.15) is 12.0 Å². The van der Waals surface area contributed by atoms with Gasteiger partial charge in [0.2, 0.25) is 5.91 Å². The Morgan fingerprint density at radius 2 is 1.63 bits per heavy atom. The number of nitrogens with zero attached hydrogens (tertiary/aromatic N) is 4. The Kier molecular flexibility index (Phi) is 9.31. The summed E-state index contributed by atoms with van der Waals surface area (Å²) in [6, 6.07) is 25.5. The maximum atomic E-state index is 13.7. The summed E-state index contributed by atoms with van der Waals surface area (Å²) in [7, 11) is 1.73. The fourth-order valence-electron chi connectivity index (χ4n) is 6.26. The summed E-state index contributed by atoms with van der Waals surface area (Å²) in [6.07, 6.45) is 1.01. The number of piperazine rings is 1. The molecule has 8 nitrogen and oxygen atoms in total. The van der Waals surface area contributed by atoms with Gasteiger partial charge in [-0.25, -0.2) is 19.2 Å². The lowest BCUT2D eigenvalue weighted by molar-refractivity contribution is -0.280. The van der Waals surface area contributed by atoms with Gasteiger partial charge in [0.25, 0.3) is 0 Å². The van der Waals surface area contributed by atoms with Gasteiger partial charge in [-0.1, -0.05) is 93.1 Å². The normalized spacial score (nSPS) is 20.8. The quantitative estimate of drug-likeness (QED) is 0.403. The number of carbonyl (C=O) groups is 2. The van der Waals surface area contributed by atoms with Crippen molar-refractivity contribution >= 4 is 11.9 Å². The highest BCUT2D eigenvalue weighted by Crippen LogP contribution is 2.37. The molecule has 3 atom stereocenters. The SMILES string of the molecule is CCC(C)[C@H]1/C(=C/[O-])N(CC(c2ccccc2)c2ccccc2)C[C@H]2N1C(=O)CN(C)N2C(=O)NCc1ccc(F)cc1. The van der Waals surface area contributed by atoms with Crippen molar-refractivity contribution in [1.29, 1.82) is 0 Å². The Morgan fingerprint density at radius 1 is 1.02 bits per heavy atom. The van der Waals surface area contributed by atoms with E-state index in [1.165, 1.54) is 12.1 Å². The van der Waals surface area contributed by atoms with E-state index in [0.717, 1.165) is 29.4 Å². The highest BCUT2D eigenvalue weighted by molar-refractivity contribution is 5.83. The minimum atomic E-state index is -0.630. The van der Waals surface area contributed by atoms with Crippen LogP contribution < -0.4 is 10.4 Å². The summed E-state index contributed by atoms with van der Waals surface area (Å²) >= 11 is 0. The van der Waals surface area contributed by atoms with E-state index < -0.39 is 12.2 Å². The number of halogens is 1. The molecule has 5 rings (SSSR count). The second-order valence-corrected chi connectivity index (χ2v) is 11.4. The van der Waals surface area contributed by atoms with Crippen molar-refractivity contribution in [2.75, 3.05) is 26.7 Å². The van der Waals surface area contributed by atoms with E-state index in [1.807, 2.05) is 50.2 Å². The fourth-order valence-corrected chi connectivity index (χ4v) is 6.26.